The van der Waals surface area contributed by atoms with E-state index in [0.717, 1.165) is 24.4 Å². The molecule has 1 aromatic heterocycles. The molecule has 1 aromatic rings. The standard InChI is InChI=1S/C15H22BrN3O/c1-4-7-19-15(20)14(16)13(9-17-19)18-12-6-5-10(2)11(3)8-12/h4,9-12,18H,1,5-8H2,2-3H3. The van der Waals surface area contributed by atoms with Crippen molar-refractivity contribution in [2.24, 2.45) is 11.8 Å². The minimum Gasteiger partial charge on any atom is -0.380 e. The number of nitrogens with zero attached hydrogens (tertiary/aromatic N) is 2. The van der Waals surface area contributed by atoms with Gasteiger partial charge in [-0.15, -0.1) is 6.58 Å². The minimum absolute atomic E-state index is 0.118. The number of halogens is 1. The van der Waals surface area contributed by atoms with Gasteiger partial charge in [0.15, 0.2) is 0 Å². The zero-order chi connectivity index (χ0) is 14.7. The molecule has 0 aromatic carbocycles. The fourth-order valence-electron chi connectivity index (χ4n) is 2.72. The number of hydrogen-bond donors (Lipinski definition) is 1. The zero-order valence-electron chi connectivity index (χ0n) is 12.1. The Kier molecular flexibility index (Phi) is 5.02. The van der Waals surface area contributed by atoms with Crippen LogP contribution in [-0.2, 0) is 6.54 Å². The molecule has 110 valence electrons. The fourth-order valence-corrected chi connectivity index (χ4v) is 3.14. The summed E-state index contributed by atoms with van der Waals surface area (Å²) in [6.07, 6.45) is 6.91. The first kappa shape index (κ1) is 15.3. The fraction of sp³-hybridized carbons (Fsp3) is 0.600. The molecule has 1 saturated carbocycles. The van der Waals surface area contributed by atoms with Gasteiger partial charge in [0.2, 0.25) is 0 Å². The van der Waals surface area contributed by atoms with Gasteiger partial charge in [0.1, 0.15) is 4.47 Å². The number of anilines is 1. The smallest absolute Gasteiger partial charge is 0.283 e. The Hall–Kier alpha value is -1.10. The number of nitrogens with one attached hydrogen (secondary N) is 1. The van der Waals surface area contributed by atoms with Crippen molar-refractivity contribution >= 4 is 21.6 Å². The van der Waals surface area contributed by atoms with E-state index in [1.165, 1.54) is 11.1 Å². The van der Waals surface area contributed by atoms with Crippen LogP contribution in [0.1, 0.15) is 33.1 Å². The second-order valence-corrected chi connectivity index (χ2v) is 6.55. The van der Waals surface area contributed by atoms with Crippen molar-refractivity contribution in [1.82, 2.24) is 9.78 Å². The lowest BCUT2D eigenvalue weighted by molar-refractivity contribution is 0.261. The van der Waals surface area contributed by atoms with E-state index >= 15 is 0 Å². The highest BCUT2D eigenvalue weighted by molar-refractivity contribution is 9.10. The second kappa shape index (κ2) is 6.57. The maximum absolute atomic E-state index is 12.1. The Morgan fingerprint density at radius 2 is 2.25 bits per heavy atom. The predicted molar refractivity (Wildman–Crippen MR) is 86.0 cm³/mol. The SMILES string of the molecule is C=CCn1ncc(NC2CCC(C)C(C)C2)c(Br)c1=O. The van der Waals surface area contributed by atoms with Crippen molar-refractivity contribution in [2.75, 3.05) is 5.32 Å². The van der Waals surface area contributed by atoms with Gasteiger partial charge in [0.05, 0.1) is 18.4 Å². The van der Waals surface area contributed by atoms with Crippen LogP contribution in [0.15, 0.2) is 28.1 Å². The van der Waals surface area contributed by atoms with Gasteiger partial charge in [-0.05, 0) is 47.0 Å². The molecule has 20 heavy (non-hydrogen) atoms. The third kappa shape index (κ3) is 3.32. The van der Waals surface area contributed by atoms with Crippen molar-refractivity contribution in [3.63, 3.8) is 0 Å². The van der Waals surface area contributed by atoms with Crippen LogP contribution in [0.2, 0.25) is 0 Å². The van der Waals surface area contributed by atoms with Crippen LogP contribution in [0.5, 0.6) is 0 Å². The van der Waals surface area contributed by atoms with E-state index in [2.05, 4.69) is 46.8 Å². The summed E-state index contributed by atoms with van der Waals surface area (Å²) in [5.74, 6) is 1.50. The van der Waals surface area contributed by atoms with Gasteiger partial charge in [-0.25, -0.2) is 4.68 Å². The summed E-state index contributed by atoms with van der Waals surface area (Å²) in [6, 6.07) is 0.425. The van der Waals surface area contributed by atoms with Gasteiger partial charge in [-0.3, -0.25) is 4.79 Å². The van der Waals surface area contributed by atoms with Crippen molar-refractivity contribution in [3.05, 3.63) is 33.7 Å². The van der Waals surface area contributed by atoms with Gasteiger partial charge < -0.3 is 5.32 Å². The monoisotopic (exact) mass is 339 g/mol. The van der Waals surface area contributed by atoms with E-state index in [-0.39, 0.29) is 5.56 Å². The number of aromatic nitrogens is 2. The topological polar surface area (TPSA) is 46.9 Å². The molecule has 1 heterocycles. The Morgan fingerprint density at radius 3 is 2.90 bits per heavy atom. The van der Waals surface area contributed by atoms with Crippen molar-refractivity contribution in [2.45, 2.75) is 45.7 Å². The normalized spacial score (nSPS) is 26.2. The van der Waals surface area contributed by atoms with Crippen LogP contribution >= 0.6 is 15.9 Å². The van der Waals surface area contributed by atoms with Gasteiger partial charge in [-0.1, -0.05) is 19.9 Å². The quantitative estimate of drug-likeness (QED) is 0.855. The summed E-state index contributed by atoms with van der Waals surface area (Å²) >= 11 is 3.38. The van der Waals surface area contributed by atoms with Gasteiger partial charge >= 0.3 is 0 Å². The van der Waals surface area contributed by atoms with E-state index in [0.29, 0.717) is 23.0 Å². The molecule has 0 radical (unpaired) electrons. The summed E-state index contributed by atoms with van der Waals surface area (Å²) in [5.41, 5.74) is 0.675. The molecule has 5 heteroatoms. The lowest BCUT2D eigenvalue weighted by atomic mass is 9.79. The second-order valence-electron chi connectivity index (χ2n) is 5.76. The molecular weight excluding hydrogens is 318 g/mol. The molecule has 0 aliphatic heterocycles. The van der Waals surface area contributed by atoms with E-state index in [1.807, 2.05) is 0 Å². The van der Waals surface area contributed by atoms with Crippen LogP contribution in [0.25, 0.3) is 0 Å². The van der Waals surface area contributed by atoms with Crippen molar-refractivity contribution in [1.29, 1.82) is 0 Å². The predicted octanol–water partition coefficient (Wildman–Crippen LogP) is 3.43. The Bertz CT molecular complexity index is 540. The first-order chi connectivity index (χ1) is 9.52. The highest BCUT2D eigenvalue weighted by Gasteiger charge is 2.25. The molecule has 3 atom stereocenters. The van der Waals surface area contributed by atoms with E-state index in [9.17, 15) is 4.79 Å². The lowest BCUT2D eigenvalue weighted by Crippen LogP contribution is -2.32. The largest absolute Gasteiger partial charge is 0.380 e. The Labute approximate surface area is 128 Å². The summed E-state index contributed by atoms with van der Waals surface area (Å²) in [4.78, 5) is 12.1. The summed E-state index contributed by atoms with van der Waals surface area (Å²) < 4.78 is 1.95. The Morgan fingerprint density at radius 1 is 1.50 bits per heavy atom. The summed E-state index contributed by atoms with van der Waals surface area (Å²) in [5, 5.41) is 7.63. The highest BCUT2D eigenvalue weighted by atomic mass is 79.9. The van der Waals surface area contributed by atoms with Crippen LogP contribution in [0.3, 0.4) is 0 Å². The average molecular weight is 340 g/mol. The number of hydrogen-bond acceptors (Lipinski definition) is 3. The maximum Gasteiger partial charge on any atom is 0.283 e. The van der Waals surface area contributed by atoms with Crippen LogP contribution in [0.4, 0.5) is 5.69 Å². The molecule has 1 N–H and O–H groups in total. The molecular formula is C15H22BrN3O. The van der Waals surface area contributed by atoms with E-state index < -0.39 is 0 Å². The molecule has 0 amide bonds. The zero-order valence-corrected chi connectivity index (χ0v) is 13.7. The van der Waals surface area contributed by atoms with E-state index in [1.54, 1.807) is 12.3 Å². The molecule has 0 spiro atoms. The molecule has 3 unspecified atom stereocenters. The molecule has 1 aliphatic carbocycles. The van der Waals surface area contributed by atoms with Crippen LogP contribution < -0.4 is 10.9 Å². The number of allylic oxidation sites excluding steroid dienone is 1. The molecule has 0 saturated heterocycles. The average Bonchev–Trinajstić information content (AvgIpc) is 2.42. The third-order valence-corrected chi connectivity index (χ3v) is 5.01. The maximum atomic E-state index is 12.1. The Balaban J connectivity index is 2.12. The van der Waals surface area contributed by atoms with E-state index in [4.69, 9.17) is 0 Å². The van der Waals surface area contributed by atoms with Gasteiger partial charge in [-0.2, -0.15) is 5.10 Å². The summed E-state index contributed by atoms with van der Waals surface area (Å²) in [6.45, 7) is 8.67. The van der Waals surface area contributed by atoms with Crippen LogP contribution in [-0.4, -0.2) is 15.8 Å². The molecule has 1 fully saturated rings. The first-order valence-electron chi connectivity index (χ1n) is 7.16. The van der Waals surface area contributed by atoms with Crippen molar-refractivity contribution in [3.8, 4) is 0 Å². The molecule has 1 aliphatic rings. The van der Waals surface area contributed by atoms with Gasteiger partial charge in [0.25, 0.3) is 5.56 Å². The number of rotatable bonds is 4. The molecule has 0 bridgehead atoms. The molecule has 4 nitrogen and oxygen atoms in total. The first-order valence-corrected chi connectivity index (χ1v) is 7.95. The van der Waals surface area contributed by atoms with Crippen LogP contribution in [0, 0.1) is 11.8 Å². The van der Waals surface area contributed by atoms with Crippen molar-refractivity contribution < 1.29 is 0 Å². The van der Waals surface area contributed by atoms with Gasteiger partial charge in [0, 0.05) is 6.04 Å². The molecule has 2 rings (SSSR count). The highest BCUT2D eigenvalue weighted by Crippen LogP contribution is 2.31. The third-order valence-electron chi connectivity index (χ3n) is 4.24. The minimum atomic E-state index is -0.118. The summed E-state index contributed by atoms with van der Waals surface area (Å²) in [7, 11) is 0. The lowest BCUT2D eigenvalue weighted by Gasteiger charge is -2.33.